The van der Waals surface area contributed by atoms with Crippen molar-refractivity contribution in [2.24, 2.45) is 17.4 Å². The summed E-state index contributed by atoms with van der Waals surface area (Å²) >= 11 is 0. The van der Waals surface area contributed by atoms with Gasteiger partial charge < -0.3 is 16.4 Å². The number of rotatable bonds is 3. The Labute approximate surface area is 79.3 Å². The van der Waals surface area contributed by atoms with Gasteiger partial charge in [-0.25, -0.2) is 4.79 Å². The second-order valence-electron chi connectivity index (χ2n) is 3.70. The van der Waals surface area contributed by atoms with Crippen LogP contribution in [0.5, 0.6) is 0 Å². The highest BCUT2D eigenvalue weighted by atomic mass is 16.2. The molecule has 0 aromatic carbocycles. The van der Waals surface area contributed by atoms with Gasteiger partial charge in [0.25, 0.3) is 0 Å². The van der Waals surface area contributed by atoms with Crippen molar-refractivity contribution in [1.82, 2.24) is 4.90 Å². The summed E-state index contributed by atoms with van der Waals surface area (Å²) < 4.78 is 0. The fourth-order valence-corrected chi connectivity index (χ4v) is 1.85. The number of carbonyl (C=O) groups is 1. The van der Waals surface area contributed by atoms with Crippen LogP contribution in [0.3, 0.4) is 0 Å². The lowest BCUT2D eigenvalue weighted by atomic mass is 9.92. The summed E-state index contributed by atoms with van der Waals surface area (Å²) in [5, 5.41) is 0. The monoisotopic (exact) mass is 185 g/mol. The summed E-state index contributed by atoms with van der Waals surface area (Å²) in [5.74, 6) is 0.749. The zero-order chi connectivity index (χ0) is 9.68. The van der Waals surface area contributed by atoms with Crippen LogP contribution in [0.25, 0.3) is 0 Å². The second kappa shape index (κ2) is 5.07. The zero-order valence-corrected chi connectivity index (χ0v) is 8.04. The molecule has 0 aromatic heterocycles. The molecule has 76 valence electrons. The number of likely N-dealkylation sites (tertiary alicyclic amines) is 1. The Morgan fingerprint density at radius 3 is 2.46 bits per heavy atom. The van der Waals surface area contributed by atoms with Gasteiger partial charge in [0.15, 0.2) is 0 Å². The third-order valence-corrected chi connectivity index (χ3v) is 2.74. The van der Waals surface area contributed by atoms with Crippen molar-refractivity contribution in [1.29, 1.82) is 0 Å². The lowest BCUT2D eigenvalue weighted by molar-refractivity contribution is 0.176. The SMILES string of the molecule is NCCCC1CCN(C(N)=O)CC1. The predicted octanol–water partition coefficient (Wildman–Crippen LogP) is 0.516. The van der Waals surface area contributed by atoms with Crippen molar-refractivity contribution in [2.75, 3.05) is 19.6 Å². The van der Waals surface area contributed by atoms with E-state index in [2.05, 4.69) is 0 Å². The molecule has 13 heavy (non-hydrogen) atoms. The first-order chi connectivity index (χ1) is 6.24. The first-order valence-corrected chi connectivity index (χ1v) is 4.98. The van der Waals surface area contributed by atoms with Gasteiger partial charge in [0.05, 0.1) is 0 Å². The van der Waals surface area contributed by atoms with Gasteiger partial charge in [0, 0.05) is 13.1 Å². The molecule has 0 spiro atoms. The first-order valence-electron chi connectivity index (χ1n) is 4.98. The Morgan fingerprint density at radius 2 is 2.00 bits per heavy atom. The van der Waals surface area contributed by atoms with Gasteiger partial charge in [-0.05, 0) is 38.1 Å². The Morgan fingerprint density at radius 1 is 1.38 bits per heavy atom. The highest BCUT2D eigenvalue weighted by Crippen LogP contribution is 2.21. The molecule has 0 unspecified atom stereocenters. The Balaban J connectivity index is 2.18. The van der Waals surface area contributed by atoms with E-state index >= 15 is 0 Å². The number of hydrogen-bond donors (Lipinski definition) is 2. The summed E-state index contributed by atoms with van der Waals surface area (Å²) in [5.41, 5.74) is 10.6. The van der Waals surface area contributed by atoms with Gasteiger partial charge in [0.1, 0.15) is 0 Å². The van der Waals surface area contributed by atoms with E-state index in [0.717, 1.165) is 44.8 Å². The summed E-state index contributed by atoms with van der Waals surface area (Å²) in [4.78, 5) is 12.5. The van der Waals surface area contributed by atoms with Crippen LogP contribution in [0.2, 0.25) is 0 Å². The van der Waals surface area contributed by atoms with E-state index in [-0.39, 0.29) is 6.03 Å². The van der Waals surface area contributed by atoms with E-state index < -0.39 is 0 Å². The molecule has 0 saturated carbocycles. The zero-order valence-electron chi connectivity index (χ0n) is 8.04. The van der Waals surface area contributed by atoms with Crippen molar-refractivity contribution in [3.8, 4) is 0 Å². The summed E-state index contributed by atoms with van der Waals surface area (Å²) in [6, 6.07) is -0.280. The number of hydrogen-bond acceptors (Lipinski definition) is 2. The minimum absolute atomic E-state index is 0.280. The van der Waals surface area contributed by atoms with E-state index in [0.29, 0.717) is 0 Å². The van der Waals surface area contributed by atoms with Crippen molar-refractivity contribution in [2.45, 2.75) is 25.7 Å². The highest BCUT2D eigenvalue weighted by Gasteiger charge is 2.20. The Bertz CT molecular complexity index is 164. The van der Waals surface area contributed by atoms with Crippen LogP contribution in [0.4, 0.5) is 4.79 Å². The number of primary amides is 1. The van der Waals surface area contributed by atoms with Crippen molar-refractivity contribution in [3.63, 3.8) is 0 Å². The van der Waals surface area contributed by atoms with E-state index in [4.69, 9.17) is 11.5 Å². The van der Waals surface area contributed by atoms with Crippen molar-refractivity contribution < 1.29 is 4.79 Å². The third-order valence-electron chi connectivity index (χ3n) is 2.74. The number of carbonyl (C=O) groups excluding carboxylic acids is 1. The van der Waals surface area contributed by atoms with Crippen LogP contribution in [0, 0.1) is 5.92 Å². The number of nitrogens with zero attached hydrogens (tertiary/aromatic N) is 1. The molecule has 0 bridgehead atoms. The molecular weight excluding hydrogens is 166 g/mol. The number of piperidine rings is 1. The van der Waals surface area contributed by atoms with Gasteiger partial charge in [-0.15, -0.1) is 0 Å². The van der Waals surface area contributed by atoms with E-state index in [9.17, 15) is 4.79 Å². The molecule has 1 aliphatic rings. The van der Waals surface area contributed by atoms with E-state index in [1.807, 2.05) is 0 Å². The minimum atomic E-state index is -0.280. The largest absolute Gasteiger partial charge is 0.351 e. The van der Waals surface area contributed by atoms with Crippen LogP contribution in [0.15, 0.2) is 0 Å². The topological polar surface area (TPSA) is 72.3 Å². The van der Waals surface area contributed by atoms with Crippen molar-refractivity contribution in [3.05, 3.63) is 0 Å². The first kappa shape index (κ1) is 10.3. The van der Waals surface area contributed by atoms with Gasteiger partial charge in [0.2, 0.25) is 0 Å². The molecular formula is C9H19N3O. The minimum Gasteiger partial charge on any atom is -0.351 e. The van der Waals surface area contributed by atoms with Crippen LogP contribution in [-0.4, -0.2) is 30.6 Å². The molecule has 4 heteroatoms. The molecule has 2 amide bonds. The number of amides is 2. The number of urea groups is 1. The Kier molecular flexibility index (Phi) is 4.02. The molecule has 0 atom stereocenters. The number of nitrogens with two attached hydrogens (primary N) is 2. The van der Waals surface area contributed by atoms with Crippen LogP contribution >= 0.6 is 0 Å². The standard InChI is InChI=1S/C9H19N3O/c10-5-1-2-8-3-6-12(7-4-8)9(11)13/h8H,1-7,10H2,(H2,11,13). The van der Waals surface area contributed by atoms with Crippen molar-refractivity contribution >= 4 is 6.03 Å². The predicted molar refractivity (Wildman–Crippen MR) is 52.2 cm³/mol. The normalized spacial score (nSPS) is 19.0. The van der Waals surface area contributed by atoms with Gasteiger partial charge in [-0.1, -0.05) is 0 Å². The molecule has 1 fully saturated rings. The average Bonchev–Trinajstić information content (AvgIpc) is 2.15. The van der Waals surface area contributed by atoms with Crippen LogP contribution in [-0.2, 0) is 0 Å². The van der Waals surface area contributed by atoms with E-state index in [1.165, 1.54) is 6.42 Å². The third kappa shape index (κ3) is 3.22. The Hall–Kier alpha value is -0.770. The van der Waals surface area contributed by atoms with E-state index in [1.54, 1.807) is 4.90 Å². The summed E-state index contributed by atoms with van der Waals surface area (Å²) in [6.07, 6.45) is 4.47. The molecule has 0 aliphatic carbocycles. The van der Waals surface area contributed by atoms with Gasteiger partial charge in [-0.3, -0.25) is 0 Å². The second-order valence-corrected chi connectivity index (χ2v) is 3.70. The van der Waals surface area contributed by atoms with Gasteiger partial charge >= 0.3 is 6.03 Å². The fraction of sp³-hybridized carbons (Fsp3) is 0.889. The maximum absolute atomic E-state index is 10.8. The molecule has 0 radical (unpaired) electrons. The molecule has 4 nitrogen and oxygen atoms in total. The lowest BCUT2D eigenvalue weighted by Crippen LogP contribution is -2.41. The highest BCUT2D eigenvalue weighted by molar-refractivity contribution is 5.72. The average molecular weight is 185 g/mol. The molecule has 1 saturated heterocycles. The molecule has 0 aromatic rings. The molecule has 1 aliphatic heterocycles. The van der Waals surface area contributed by atoms with Crippen LogP contribution in [0.1, 0.15) is 25.7 Å². The summed E-state index contributed by atoms with van der Waals surface area (Å²) in [7, 11) is 0. The smallest absolute Gasteiger partial charge is 0.314 e. The van der Waals surface area contributed by atoms with Gasteiger partial charge in [-0.2, -0.15) is 0 Å². The van der Waals surface area contributed by atoms with Crippen LogP contribution < -0.4 is 11.5 Å². The molecule has 1 heterocycles. The fourth-order valence-electron chi connectivity index (χ4n) is 1.85. The lowest BCUT2D eigenvalue weighted by Gasteiger charge is -2.30. The maximum atomic E-state index is 10.8. The quantitative estimate of drug-likeness (QED) is 0.672. The molecule has 1 rings (SSSR count). The summed E-state index contributed by atoms with van der Waals surface area (Å²) in [6.45, 7) is 2.42. The molecule has 4 N–H and O–H groups in total. The maximum Gasteiger partial charge on any atom is 0.314 e.